The lowest BCUT2D eigenvalue weighted by molar-refractivity contribution is -0.136. The topological polar surface area (TPSA) is 46.4 Å². The van der Waals surface area contributed by atoms with Gasteiger partial charge in [0.25, 0.3) is 5.56 Å². The van der Waals surface area contributed by atoms with Crippen LogP contribution in [0.4, 0.5) is 13.2 Å². The summed E-state index contributed by atoms with van der Waals surface area (Å²) < 4.78 is 40.2. The Hall–Kier alpha value is -1.89. The van der Waals surface area contributed by atoms with Crippen LogP contribution >= 0.6 is 0 Å². The summed E-state index contributed by atoms with van der Waals surface area (Å²) in [4.78, 5) is 16.2. The third-order valence-corrected chi connectivity index (χ3v) is 4.01. The molecule has 1 aliphatic heterocycles. The van der Waals surface area contributed by atoms with Crippen LogP contribution in [0, 0.1) is 5.92 Å². The molecule has 0 aromatic carbocycles. The number of hydrogen-bond acceptors (Lipinski definition) is 3. The molecule has 0 bridgehead atoms. The highest BCUT2D eigenvalue weighted by molar-refractivity contribution is 5.49. The molecule has 0 aliphatic carbocycles. The number of aromatic nitrogens is 2. The van der Waals surface area contributed by atoms with Crippen molar-refractivity contribution in [3.63, 3.8) is 0 Å². The van der Waals surface area contributed by atoms with Gasteiger partial charge in [0.15, 0.2) is 5.65 Å². The van der Waals surface area contributed by atoms with Crippen LogP contribution in [0.3, 0.4) is 0 Å². The first-order valence-corrected chi connectivity index (χ1v) is 7.24. The molecule has 0 unspecified atom stereocenters. The van der Waals surface area contributed by atoms with E-state index in [1.54, 1.807) is 0 Å². The Morgan fingerprint density at radius 1 is 1.32 bits per heavy atom. The zero-order valence-electron chi connectivity index (χ0n) is 11.9. The predicted molar refractivity (Wildman–Crippen MR) is 75.8 cm³/mol. The van der Waals surface area contributed by atoms with Crippen molar-refractivity contribution in [2.75, 3.05) is 13.1 Å². The van der Waals surface area contributed by atoms with Gasteiger partial charge in [0.2, 0.25) is 0 Å². The smallest absolute Gasteiger partial charge is 0.317 e. The van der Waals surface area contributed by atoms with Crippen LogP contribution in [-0.4, -0.2) is 22.5 Å². The number of pyridine rings is 1. The van der Waals surface area contributed by atoms with Crippen molar-refractivity contribution in [1.82, 2.24) is 14.7 Å². The van der Waals surface area contributed by atoms with Crippen molar-refractivity contribution in [1.29, 1.82) is 0 Å². The van der Waals surface area contributed by atoms with E-state index in [1.165, 1.54) is 18.3 Å². The molecule has 1 saturated heterocycles. The minimum absolute atomic E-state index is 0.313. The molecular weight excluding hydrogens is 295 g/mol. The molecular formula is C15H16F3N3O. The molecule has 0 saturated carbocycles. The first kappa shape index (κ1) is 15.0. The van der Waals surface area contributed by atoms with E-state index in [9.17, 15) is 18.0 Å². The first-order valence-electron chi connectivity index (χ1n) is 7.24. The van der Waals surface area contributed by atoms with Crippen LogP contribution in [-0.2, 0) is 12.6 Å². The summed E-state index contributed by atoms with van der Waals surface area (Å²) in [6.45, 7) is 1.79. The second-order valence-electron chi connectivity index (χ2n) is 5.60. The van der Waals surface area contributed by atoms with E-state index < -0.39 is 17.3 Å². The van der Waals surface area contributed by atoms with Gasteiger partial charge in [-0.2, -0.15) is 13.2 Å². The molecule has 3 rings (SSSR count). The molecule has 0 amide bonds. The summed E-state index contributed by atoms with van der Waals surface area (Å²) in [7, 11) is 0. The highest BCUT2D eigenvalue weighted by atomic mass is 19.4. The van der Waals surface area contributed by atoms with Gasteiger partial charge in [-0.1, -0.05) is 0 Å². The van der Waals surface area contributed by atoms with Gasteiger partial charge < -0.3 is 5.32 Å². The van der Waals surface area contributed by atoms with Crippen LogP contribution in [0.15, 0.2) is 29.2 Å². The van der Waals surface area contributed by atoms with Crippen molar-refractivity contribution >= 4 is 5.65 Å². The molecule has 4 nitrogen and oxygen atoms in total. The molecule has 118 valence electrons. The number of nitrogens with zero attached hydrogens (tertiary/aromatic N) is 2. The molecule has 0 spiro atoms. The number of hydrogen-bond donors (Lipinski definition) is 1. The summed E-state index contributed by atoms with van der Waals surface area (Å²) in [6, 6.07) is 3.51. The van der Waals surface area contributed by atoms with Crippen LogP contribution < -0.4 is 10.9 Å². The molecule has 0 radical (unpaired) electrons. The van der Waals surface area contributed by atoms with E-state index in [-0.39, 0.29) is 5.65 Å². The summed E-state index contributed by atoms with van der Waals surface area (Å²) in [5, 5.41) is 3.24. The maximum absolute atomic E-state index is 13.1. The minimum Gasteiger partial charge on any atom is -0.317 e. The van der Waals surface area contributed by atoms with E-state index in [1.807, 2.05) is 0 Å². The number of rotatable bonds is 2. The highest BCUT2D eigenvalue weighted by Crippen LogP contribution is 2.31. The Morgan fingerprint density at radius 2 is 2.05 bits per heavy atom. The minimum atomic E-state index is -4.53. The van der Waals surface area contributed by atoms with Gasteiger partial charge in [-0.05, 0) is 50.4 Å². The second kappa shape index (κ2) is 5.72. The summed E-state index contributed by atoms with van der Waals surface area (Å²) in [5.41, 5.74) is -1.22. The molecule has 1 aliphatic rings. The lowest BCUT2D eigenvalue weighted by Crippen LogP contribution is -2.29. The van der Waals surface area contributed by atoms with Gasteiger partial charge in [-0.25, -0.2) is 4.98 Å². The zero-order chi connectivity index (χ0) is 15.7. The maximum atomic E-state index is 13.1. The van der Waals surface area contributed by atoms with Gasteiger partial charge in [0, 0.05) is 18.0 Å². The van der Waals surface area contributed by atoms with Gasteiger partial charge in [-0.15, -0.1) is 0 Å². The highest BCUT2D eigenvalue weighted by Gasteiger charge is 2.34. The Labute approximate surface area is 125 Å². The SMILES string of the molecule is O=c1cc(CC2CCNCC2)nc2c(C(F)(F)F)cccn12. The molecule has 2 aromatic heterocycles. The van der Waals surface area contributed by atoms with E-state index in [0.717, 1.165) is 36.4 Å². The lowest BCUT2D eigenvalue weighted by atomic mass is 9.93. The van der Waals surface area contributed by atoms with Crippen LogP contribution in [0.1, 0.15) is 24.1 Å². The zero-order valence-corrected chi connectivity index (χ0v) is 11.9. The Kier molecular flexibility index (Phi) is 3.90. The monoisotopic (exact) mass is 311 g/mol. The molecule has 2 aromatic rings. The van der Waals surface area contributed by atoms with Gasteiger partial charge in [0.1, 0.15) is 0 Å². The standard InChI is InChI=1S/C15H16F3N3O/c16-15(17,18)12-2-1-7-21-13(22)9-11(20-14(12)21)8-10-3-5-19-6-4-10/h1-2,7,9-10,19H,3-6,8H2. The second-order valence-corrected chi connectivity index (χ2v) is 5.60. The third kappa shape index (κ3) is 2.99. The molecule has 1 fully saturated rings. The van der Waals surface area contributed by atoms with Crippen molar-refractivity contribution in [2.45, 2.75) is 25.4 Å². The summed E-state index contributed by atoms with van der Waals surface area (Å²) >= 11 is 0. The Morgan fingerprint density at radius 3 is 2.73 bits per heavy atom. The van der Waals surface area contributed by atoms with Crippen molar-refractivity contribution in [3.8, 4) is 0 Å². The Bertz CT molecular complexity index is 733. The average molecular weight is 311 g/mol. The Balaban J connectivity index is 2.04. The third-order valence-electron chi connectivity index (χ3n) is 4.01. The van der Waals surface area contributed by atoms with E-state index >= 15 is 0 Å². The van der Waals surface area contributed by atoms with Crippen LogP contribution in [0.25, 0.3) is 5.65 Å². The first-order chi connectivity index (χ1) is 10.4. The van der Waals surface area contributed by atoms with E-state index in [2.05, 4.69) is 10.3 Å². The fourth-order valence-corrected chi connectivity index (χ4v) is 2.88. The predicted octanol–water partition coefficient (Wildman–Crippen LogP) is 2.26. The fourth-order valence-electron chi connectivity index (χ4n) is 2.88. The molecule has 1 N–H and O–H groups in total. The number of halogens is 3. The molecule has 7 heteroatoms. The van der Waals surface area contributed by atoms with Gasteiger partial charge >= 0.3 is 6.18 Å². The van der Waals surface area contributed by atoms with Gasteiger partial charge in [0.05, 0.1) is 5.56 Å². The molecule has 22 heavy (non-hydrogen) atoms. The lowest BCUT2D eigenvalue weighted by Gasteiger charge is -2.22. The molecule has 0 atom stereocenters. The summed E-state index contributed by atoms with van der Waals surface area (Å²) in [5.74, 6) is 0.355. The number of fused-ring (bicyclic) bond motifs is 1. The summed E-state index contributed by atoms with van der Waals surface area (Å²) in [6.07, 6.45) is -0.781. The fraction of sp³-hybridized carbons (Fsp3) is 0.467. The molecule has 3 heterocycles. The van der Waals surface area contributed by atoms with Crippen molar-refractivity contribution in [3.05, 3.63) is 46.0 Å². The van der Waals surface area contributed by atoms with Crippen LogP contribution in [0.2, 0.25) is 0 Å². The van der Waals surface area contributed by atoms with Crippen molar-refractivity contribution in [2.24, 2.45) is 5.92 Å². The van der Waals surface area contributed by atoms with Crippen LogP contribution in [0.5, 0.6) is 0 Å². The number of alkyl halides is 3. The number of piperidine rings is 1. The average Bonchev–Trinajstić information content (AvgIpc) is 2.47. The quantitative estimate of drug-likeness (QED) is 0.925. The maximum Gasteiger partial charge on any atom is 0.419 e. The van der Waals surface area contributed by atoms with Crippen molar-refractivity contribution < 1.29 is 13.2 Å². The normalized spacial score (nSPS) is 17.0. The van der Waals surface area contributed by atoms with Gasteiger partial charge in [-0.3, -0.25) is 9.20 Å². The van der Waals surface area contributed by atoms with E-state index in [0.29, 0.717) is 18.0 Å². The largest absolute Gasteiger partial charge is 0.419 e. The number of nitrogens with one attached hydrogen (secondary N) is 1. The van der Waals surface area contributed by atoms with E-state index in [4.69, 9.17) is 0 Å².